The maximum absolute atomic E-state index is 5.39. The number of hydrogen-bond donors (Lipinski definition) is 0. The predicted octanol–water partition coefficient (Wildman–Crippen LogP) is 3.41. The Balaban J connectivity index is 2.01. The van der Waals surface area contributed by atoms with Gasteiger partial charge in [-0.1, -0.05) is 12.2 Å². The third-order valence-electron chi connectivity index (χ3n) is 2.91. The minimum absolute atomic E-state index is 0.691. The number of ether oxygens (including phenoxy) is 2. The van der Waals surface area contributed by atoms with Gasteiger partial charge in [-0.25, -0.2) is 0 Å². The van der Waals surface area contributed by atoms with Crippen molar-refractivity contribution in [1.29, 1.82) is 0 Å². The van der Waals surface area contributed by atoms with E-state index in [-0.39, 0.29) is 0 Å². The molecule has 20 heavy (non-hydrogen) atoms. The molecule has 0 amide bonds. The topological polar surface area (TPSA) is 18.5 Å². The molecule has 2 aliphatic rings. The summed E-state index contributed by atoms with van der Waals surface area (Å²) in [5.41, 5.74) is 0. The zero-order chi connectivity index (χ0) is 14.2. The lowest BCUT2D eigenvalue weighted by molar-refractivity contribution is 0.241. The molecule has 2 rings (SSSR count). The van der Waals surface area contributed by atoms with Gasteiger partial charge in [-0.2, -0.15) is 0 Å². The Morgan fingerprint density at radius 1 is 0.700 bits per heavy atom. The molecule has 2 heteroatoms. The van der Waals surface area contributed by atoms with Crippen molar-refractivity contribution in [3.8, 4) is 0 Å². The van der Waals surface area contributed by atoms with E-state index in [9.17, 15) is 0 Å². The Bertz CT molecular complexity index is 331. The van der Waals surface area contributed by atoms with Crippen molar-refractivity contribution < 1.29 is 9.47 Å². The molecule has 0 aromatic rings. The Kier molecular flexibility index (Phi) is 6.23. The molecular weight excluding hydrogens is 248 g/mol. The SMILES string of the molecule is COC(/C=C/[C]1[CH][CH][CH][CH]1)=C(\C=C\[C]1[CH][CH][CH][CH]1)OC. The van der Waals surface area contributed by atoms with Crippen LogP contribution in [0.3, 0.4) is 0 Å². The van der Waals surface area contributed by atoms with Gasteiger partial charge < -0.3 is 9.47 Å². The van der Waals surface area contributed by atoms with Crippen molar-refractivity contribution in [3.63, 3.8) is 0 Å². The van der Waals surface area contributed by atoms with Crippen molar-refractivity contribution >= 4 is 0 Å². The van der Waals surface area contributed by atoms with Gasteiger partial charge in [0.05, 0.1) is 14.2 Å². The molecule has 0 atom stereocenters. The molecular formula is C18H18O2. The van der Waals surface area contributed by atoms with Gasteiger partial charge in [-0.15, -0.1) is 0 Å². The number of methoxy groups -OCH3 is 2. The Morgan fingerprint density at radius 3 is 1.35 bits per heavy atom. The van der Waals surface area contributed by atoms with Gasteiger partial charge in [0.1, 0.15) is 0 Å². The van der Waals surface area contributed by atoms with Crippen molar-refractivity contribution in [1.82, 2.24) is 0 Å². The highest BCUT2D eigenvalue weighted by atomic mass is 16.5. The molecule has 0 aromatic carbocycles. The minimum atomic E-state index is 0.691. The summed E-state index contributed by atoms with van der Waals surface area (Å²) in [5.74, 6) is 3.65. The molecule has 102 valence electrons. The highest BCUT2D eigenvalue weighted by molar-refractivity contribution is 5.45. The van der Waals surface area contributed by atoms with Crippen LogP contribution in [0.25, 0.3) is 0 Å². The molecule has 0 unspecified atom stereocenters. The van der Waals surface area contributed by atoms with Gasteiger partial charge in [0.15, 0.2) is 11.5 Å². The summed E-state index contributed by atoms with van der Waals surface area (Å²) in [4.78, 5) is 0. The summed E-state index contributed by atoms with van der Waals surface area (Å²) in [6.45, 7) is 0. The smallest absolute Gasteiger partial charge is 0.160 e. The fourth-order valence-corrected chi connectivity index (χ4v) is 1.85. The van der Waals surface area contributed by atoms with Crippen LogP contribution in [0.4, 0.5) is 0 Å². The molecule has 0 bridgehead atoms. The highest BCUT2D eigenvalue weighted by Gasteiger charge is 2.15. The van der Waals surface area contributed by atoms with Crippen molar-refractivity contribution in [2.24, 2.45) is 0 Å². The van der Waals surface area contributed by atoms with Gasteiger partial charge in [0.25, 0.3) is 0 Å². The number of allylic oxidation sites excluding steroid dienone is 4. The van der Waals surface area contributed by atoms with Gasteiger partial charge in [0, 0.05) is 11.8 Å². The quantitative estimate of drug-likeness (QED) is 0.542. The monoisotopic (exact) mass is 266 g/mol. The lowest BCUT2D eigenvalue weighted by Gasteiger charge is -2.08. The van der Waals surface area contributed by atoms with Crippen LogP contribution in [0.5, 0.6) is 0 Å². The van der Waals surface area contributed by atoms with Crippen LogP contribution >= 0.6 is 0 Å². The molecule has 2 nitrogen and oxygen atoms in total. The first-order valence-corrected chi connectivity index (χ1v) is 6.45. The van der Waals surface area contributed by atoms with E-state index in [1.807, 2.05) is 75.7 Å². The second-order valence-electron chi connectivity index (χ2n) is 4.24. The standard InChI is InChI=1S/C18H18O2/c1-19-17(13-11-15-7-3-4-8-15)18(20-2)14-12-16-9-5-6-10-16/h3-14H,1-2H3/b13-11+,14-12+,18-17+. The molecule has 2 saturated carbocycles. The Morgan fingerprint density at radius 2 is 1.05 bits per heavy atom. The largest absolute Gasteiger partial charge is 0.493 e. The maximum Gasteiger partial charge on any atom is 0.160 e. The van der Waals surface area contributed by atoms with Crippen LogP contribution in [-0.4, -0.2) is 14.2 Å². The van der Waals surface area contributed by atoms with Gasteiger partial charge >= 0.3 is 0 Å². The fourth-order valence-electron chi connectivity index (χ4n) is 1.85. The lowest BCUT2D eigenvalue weighted by atomic mass is 10.1. The van der Waals surface area contributed by atoms with Crippen LogP contribution in [0.2, 0.25) is 0 Å². The minimum Gasteiger partial charge on any atom is -0.493 e. The van der Waals surface area contributed by atoms with E-state index in [2.05, 4.69) is 0 Å². The van der Waals surface area contributed by atoms with E-state index < -0.39 is 0 Å². The molecule has 0 aromatic heterocycles. The van der Waals surface area contributed by atoms with E-state index in [1.165, 1.54) is 0 Å². The average molecular weight is 266 g/mol. The van der Waals surface area contributed by atoms with E-state index >= 15 is 0 Å². The van der Waals surface area contributed by atoms with E-state index in [0.717, 1.165) is 11.8 Å². The van der Waals surface area contributed by atoms with E-state index in [0.29, 0.717) is 11.5 Å². The summed E-state index contributed by atoms with van der Waals surface area (Å²) in [5, 5.41) is 0. The fraction of sp³-hybridized carbons (Fsp3) is 0.111. The lowest BCUT2D eigenvalue weighted by Crippen LogP contribution is -1.95. The molecule has 2 aliphatic carbocycles. The van der Waals surface area contributed by atoms with Gasteiger partial charge in [-0.3, -0.25) is 0 Å². The maximum atomic E-state index is 5.39. The predicted molar refractivity (Wildman–Crippen MR) is 80.2 cm³/mol. The van der Waals surface area contributed by atoms with E-state index in [1.54, 1.807) is 14.2 Å². The average Bonchev–Trinajstić information content (AvgIpc) is 3.15. The van der Waals surface area contributed by atoms with Crippen LogP contribution in [-0.2, 0) is 9.47 Å². The highest BCUT2D eigenvalue weighted by Crippen LogP contribution is 2.26. The zero-order valence-corrected chi connectivity index (χ0v) is 11.7. The zero-order valence-electron chi connectivity index (χ0n) is 11.7. The normalized spacial score (nSPS) is 22.9. The molecule has 0 N–H and O–H groups in total. The number of hydrogen-bond acceptors (Lipinski definition) is 2. The molecule has 0 saturated heterocycles. The van der Waals surface area contributed by atoms with Crippen LogP contribution < -0.4 is 0 Å². The third kappa shape index (κ3) is 4.43. The first-order valence-electron chi connectivity index (χ1n) is 6.45. The summed E-state index contributed by atoms with van der Waals surface area (Å²) < 4.78 is 10.8. The van der Waals surface area contributed by atoms with Gasteiger partial charge in [0.2, 0.25) is 0 Å². The second kappa shape index (κ2) is 8.18. The third-order valence-corrected chi connectivity index (χ3v) is 2.91. The van der Waals surface area contributed by atoms with Gasteiger partial charge in [-0.05, 0) is 63.5 Å². The first kappa shape index (κ1) is 15.2. The van der Waals surface area contributed by atoms with Crippen LogP contribution in [0.15, 0.2) is 35.8 Å². The van der Waals surface area contributed by atoms with Crippen molar-refractivity contribution in [2.45, 2.75) is 0 Å². The van der Waals surface area contributed by atoms with Crippen LogP contribution in [0, 0.1) is 63.2 Å². The van der Waals surface area contributed by atoms with Crippen molar-refractivity contribution in [2.75, 3.05) is 14.2 Å². The summed E-state index contributed by atoms with van der Waals surface area (Å²) in [6, 6.07) is 0. The number of rotatable bonds is 6. The summed E-state index contributed by atoms with van der Waals surface area (Å²) in [7, 11) is 3.28. The Hall–Kier alpha value is -1.18. The molecule has 10 radical (unpaired) electrons. The van der Waals surface area contributed by atoms with Crippen molar-refractivity contribution in [3.05, 3.63) is 99.0 Å². The Labute approximate surface area is 123 Å². The second-order valence-corrected chi connectivity index (χ2v) is 4.24. The molecule has 0 heterocycles. The first-order chi connectivity index (χ1) is 9.83. The molecule has 2 fully saturated rings. The summed E-state index contributed by atoms with van der Waals surface area (Å²) >= 11 is 0. The summed E-state index contributed by atoms with van der Waals surface area (Å²) in [6.07, 6.45) is 24.0. The molecule has 0 aliphatic heterocycles. The van der Waals surface area contributed by atoms with E-state index in [4.69, 9.17) is 9.47 Å². The molecule has 0 spiro atoms. The van der Waals surface area contributed by atoms with Crippen LogP contribution in [0.1, 0.15) is 0 Å².